The second-order valence-electron chi connectivity index (χ2n) is 5.42. The Hall–Kier alpha value is -0.560. The van der Waals surface area contributed by atoms with Crippen molar-refractivity contribution in [1.82, 2.24) is 15.1 Å². The van der Waals surface area contributed by atoms with Crippen LogP contribution in [0.2, 0.25) is 0 Å². The van der Waals surface area contributed by atoms with E-state index in [1.807, 2.05) is 0 Å². The maximum atomic E-state index is 5.33. The van der Waals surface area contributed by atoms with Gasteiger partial charge in [0.15, 0.2) is 0 Å². The normalized spacial score (nSPS) is 22.9. The summed E-state index contributed by atoms with van der Waals surface area (Å²) in [6.45, 7) is 5.44. The lowest BCUT2D eigenvalue weighted by Gasteiger charge is -2.31. The molecular formula is C14H25N3. The number of likely N-dealkylation sites (N-methyl/N-ethyl adjacent to an activating group) is 1. The third kappa shape index (κ3) is 4.31. The van der Waals surface area contributed by atoms with E-state index in [0.717, 1.165) is 32.2 Å². The lowest BCUT2D eigenvalue weighted by Crippen LogP contribution is -2.44. The summed E-state index contributed by atoms with van der Waals surface area (Å²) in [5, 5.41) is 3.68. The lowest BCUT2D eigenvalue weighted by molar-refractivity contribution is 0.213. The second kappa shape index (κ2) is 6.39. The molecule has 0 atom stereocenters. The van der Waals surface area contributed by atoms with Crippen molar-refractivity contribution in [3.05, 3.63) is 0 Å². The molecule has 0 spiro atoms. The second-order valence-corrected chi connectivity index (χ2v) is 5.42. The summed E-state index contributed by atoms with van der Waals surface area (Å²) in [4.78, 5) is 4.86. The highest BCUT2D eigenvalue weighted by Crippen LogP contribution is 2.24. The highest BCUT2D eigenvalue weighted by atomic mass is 15.2. The number of hydrogen-bond donors (Lipinski definition) is 1. The maximum Gasteiger partial charge on any atom is 0.0598 e. The first-order chi connectivity index (χ1) is 8.29. The number of nitrogens with zero attached hydrogens (tertiary/aromatic N) is 2. The molecule has 2 fully saturated rings. The summed E-state index contributed by atoms with van der Waals surface area (Å²) in [6, 6.07) is 1.59. The van der Waals surface area contributed by atoms with Crippen molar-refractivity contribution in [2.75, 3.05) is 39.8 Å². The topological polar surface area (TPSA) is 18.5 Å². The highest BCUT2D eigenvalue weighted by molar-refractivity contribution is 4.90. The van der Waals surface area contributed by atoms with Gasteiger partial charge in [0.05, 0.1) is 6.54 Å². The molecule has 2 aliphatic rings. The molecule has 1 N–H and O–H groups in total. The van der Waals surface area contributed by atoms with Crippen LogP contribution < -0.4 is 5.32 Å². The Labute approximate surface area is 106 Å². The summed E-state index contributed by atoms with van der Waals surface area (Å²) in [5.41, 5.74) is 0. The first-order valence-corrected chi connectivity index (χ1v) is 6.89. The van der Waals surface area contributed by atoms with Gasteiger partial charge in [-0.05, 0) is 32.7 Å². The molecule has 0 bridgehead atoms. The summed E-state index contributed by atoms with van der Waals surface area (Å²) >= 11 is 0. The first-order valence-electron chi connectivity index (χ1n) is 6.89. The number of hydrogen-bond acceptors (Lipinski definition) is 3. The molecule has 1 heterocycles. The Bertz CT molecular complexity index is 259. The minimum absolute atomic E-state index is 0.705. The Morgan fingerprint density at radius 2 is 2.00 bits per heavy atom. The Balaban J connectivity index is 1.53. The van der Waals surface area contributed by atoms with E-state index in [0.29, 0.717) is 6.04 Å². The standard InChI is InChI=1S/C14H25N3/c1-3-9-17-10-6-13(7-11-17)15-8-12-16(2)14-4-5-14/h1,13-15H,4-12H2,2H3. The van der Waals surface area contributed by atoms with Gasteiger partial charge in [0.1, 0.15) is 0 Å². The molecule has 3 heteroatoms. The number of terminal acetylenes is 1. The van der Waals surface area contributed by atoms with Gasteiger partial charge in [0, 0.05) is 38.3 Å². The van der Waals surface area contributed by atoms with Gasteiger partial charge < -0.3 is 10.2 Å². The molecule has 0 aromatic carbocycles. The summed E-state index contributed by atoms with van der Waals surface area (Å²) in [7, 11) is 2.24. The molecule has 1 aliphatic heterocycles. The van der Waals surface area contributed by atoms with Crippen LogP contribution in [-0.4, -0.2) is 61.7 Å². The molecule has 17 heavy (non-hydrogen) atoms. The average Bonchev–Trinajstić information content (AvgIpc) is 3.15. The average molecular weight is 235 g/mol. The van der Waals surface area contributed by atoms with E-state index in [4.69, 9.17) is 6.42 Å². The molecule has 0 unspecified atom stereocenters. The number of nitrogens with one attached hydrogen (secondary N) is 1. The smallest absolute Gasteiger partial charge is 0.0598 e. The molecule has 1 saturated heterocycles. The zero-order valence-corrected chi connectivity index (χ0v) is 11.0. The minimum Gasteiger partial charge on any atom is -0.313 e. The van der Waals surface area contributed by atoms with Crippen LogP contribution in [0.4, 0.5) is 0 Å². The van der Waals surface area contributed by atoms with Gasteiger partial charge >= 0.3 is 0 Å². The summed E-state index contributed by atoms with van der Waals surface area (Å²) in [6.07, 6.45) is 10.6. The van der Waals surface area contributed by atoms with Crippen LogP contribution in [0.5, 0.6) is 0 Å². The van der Waals surface area contributed by atoms with E-state index in [-0.39, 0.29) is 0 Å². The van der Waals surface area contributed by atoms with Crippen LogP contribution in [0.3, 0.4) is 0 Å². The van der Waals surface area contributed by atoms with Crippen molar-refractivity contribution in [3.63, 3.8) is 0 Å². The highest BCUT2D eigenvalue weighted by Gasteiger charge is 2.25. The van der Waals surface area contributed by atoms with Crippen LogP contribution in [0.25, 0.3) is 0 Å². The van der Waals surface area contributed by atoms with Crippen LogP contribution in [0.15, 0.2) is 0 Å². The van der Waals surface area contributed by atoms with Crippen molar-refractivity contribution >= 4 is 0 Å². The molecule has 0 amide bonds. The van der Waals surface area contributed by atoms with Gasteiger partial charge in [0.25, 0.3) is 0 Å². The minimum atomic E-state index is 0.705. The van der Waals surface area contributed by atoms with E-state index in [1.165, 1.54) is 32.2 Å². The molecule has 0 radical (unpaired) electrons. The predicted octanol–water partition coefficient (Wildman–Crippen LogP) is 0.768. The molecular weight excluding hydrogens is 210 g/mol. The van der Waals surface area contributed by atoms with Gasteiger partial charge in [-0.25, -0.2) is 0 Å². The summed E-state index contributed by atoms with van der Waals surface area (Å²) in [5.74, 6) is 2.73. The van der Waals surface area contributed by atoms with Gasteiger partial charge in [-0.3, -0.25) is 4.90 Å². The summed E-state index contributed by atoms with van der Waals surface area (Å²) < 4.78 is 0. The van der Waals surface area contributed by atoms with Crippen molar-refractivity contribution in [2.24, 2.45) is 0 Å². The van der Waals surface area contributed by atoms with Gasteiger partial charge in [-0.2, -0.15) is 0 Å². The first kappa shape index (κ1) is 12.9. The monoisotopic (exact) mass is 235 g/mol. The molecule has 0 aromatic rings. The van der Waals surface area contributed by atoms with E-state index < -0.39 is 0 Å². The predicted molar refractivity (Wildman–Crippen MR) is 71.9 cm³/mol. The van der Waals surface area contributed by atoms with Gasteiger partial charge in [-0.1, -0.05) is 5.92 Å². The fourth-order valence-electron chi connectivity index (χ4n) is 2.57. The molecule has 1 saturated carbocycles. The number of rotatable bonds is 6. The van der Waals surface area contributed by atoms with E-state index >= 15 is 0 Å². The number of piperidine rings is 1. The zero-order valence-electron chi connectivity index (χ0n) is 11.0. The number of likely N-dealkylation sites (tertiary alicyclic amines) is 1. The van der Waals surface area contributed by atoms with Crippen LogP contribution >= 0.6 is 0 Å². The molecule has 3 nitrogen and oxygen atoms in total. The zero-order chi connectivity index (χ0) is 12.1. The SMILES string of the molecule is C#CCN1CCC(NCCN(C)C2CC2)CC1. The van der Waals surface area contributed by atoms with Crippen LogP contribution in [0.1, 0.15) is 25.7 Å². The van der Waals surface area contributed by atoms with Crippen LogP contribution in [0, 0.1) is 12.3 Å². The quantitative estimate of drug-likeness (QED) is 0.686. The molecule has 0 aromatic heterocycles. The maximum absolute atomic E-state index is 5.33. The van der Waals surface area contributed by atoms with E-state index in [2.05, 4.69) is 28.1 Å². The fourth-order valence-corrected chi connectivity index (χ4v) is 2.57. The molecule has 1 aliphatic carbocycles. The van der Waals surface area contributed by atoms with E-state index in [1.54, 1.807) is 0 Å². The lowest BCUT2D eigenvalue weighted by atomic mass is 10.1. The third-order valence-corrected chi connectivity index (χ3v) is 3.97. The van der Waals surface area contributed by atoms with Crippen molar-refractivity contribution < 1.29 is 0 Å². The van der Waals surface area contributed by atoms with Crippen molar-refractivity contribution in [2.45, 2.75) is 37.8 Å². The Morgan fingerprint density at radius 1 is 1.29 bits per heavy atom. The molecule has 2 rings (SSSR count). The Morgan fingerprint density at radius 3 is 2.59 bits per heavy atom. The van der Waals surface area contributed by atoms with E-state index in [9.17, 15) is 0 Å². The van der Waals surface area contributed by atoms with Crippen molar-refractivity contribution in [3.8, 4) is 12.3 Å². The largest absolute Gasteiger partial charge is 0.313 e. The van der Waals surface area contributed by atoms with Gasteiger partial charge in [-0.15, -0.1) is 6.42 Å². The van der Waals surface area contributed by atoms with Crippen LogP contribution in [-0.2, 0) is 0 Å². The van der Waals surface area contributed by atoms with Gasteiger partial charge in [0.2, 0.25) is 0 Å². The molecule has 96 valence electrons. The van der Waals surface area contributed by atoms with Crippen molar-refractivity contribution in [1.29, 1.82) is 0 Å². The third-order valence-electron chi connectivity index (χ3n) is 3.97. The Kier molecular flexibility index (Phi) is 4.85. The fraction of sp³-hybridized carbons (Fsp3) is 0.857.